The summed E-state index contributed by atoms with van der Waals surface area (Å²) in [5, 5.41) is 13.8. The van der Waals surface area contributed by atoms with Crippen LogP contribution in [0.3, 0.4) is 0 Å². The molecule has 0 unspecified atom stereocenters. The SMILES string of the molecule is Cn1ncc2c(NCc3ccc(S(N)(=O)=O)cc3)cc(C3CC3)nc21. The van der Waals surface area contributed by atoms with Gasteiger partial charge >= 0.3 is 0 Å². The van der Waals surface area contributed by atoms with Gasteiger partial charge in [-0.05, 0) is 36.6 Å². The highest BCUT2D eigenvalue weighted by Gasteiger charge is 2.26. The minimum Gasteiger partial charge on any atom is -0.380 e. The van der Waals surface area contributed by atoms with Crippen molar-refractivity contribution in [3.05, 3.63) is 47.8 Å². The van der Waals surface area contributed by atoms with Gasteiger partial charge in [-0.15, -0.1) is 0 Å². The quantitative estimate of drug-likeness (QED) is 0.728. The molecule has 2 aromatic heterocycles. The lowest BCUT2D eigenvalue weighted by Crippen LogP contribution is -2.12. The topological polar surface area (TPSA) is 103 Å². The molecule has 0 amide bonds. The maximum absolute atomic E-state index is 11.3. The molecule has 0 aliphatic heterocycles. The number of pyridine rings is 1. The maximum Gasteiger partial charge on any atom is 0.238 e. The summed E-state index contributed by atoms with van der Waals surface area (Å²) in [5.41, 5.74) is 3.93. The Morgan fingerprint density at radius 3 is 2.64 bits per heavy atom. The van der Waals surface area contributed by atoms with Gasteiger partial charge in [-0.25, -0.2) is 18.5 Å². The van der Waals surface area contributed by atoms with Crippen LogP contribution in [0.4, 0.5) is 5.69 Å². The molecular formula is C17H19N5O2S. The zero-order chi connectivity index (χ0) is 17.6. The van der Waals surface area contributed by atoms with Crippen molar-refractivity contribution < 1.29 is 8.42 Å². The number of sulfonamides is 1. The van der Waals surface area contributed by atoms with E-state index >= 15 is 0 Å². The van der Waals surface area contributed by atoms with Crippen molar-refractivity contribution >= 4 is 26.7 Å². The first-order chi connectivity index (χ1) is 11.9. The summed E-state index contributed by atoms with van der Waals surface area (Å²) in [6.07, 6.45) is 4.18. The Balaban J connectivity index is 1.60. The molecule has 130 valence electrons. The largest absolute Gasteiger partial charge is 0.380 e. The Morgan fingerprint density at radius 1 is 1.28 bits per heavy atom. The lowest BCUT2D eigenvalue weighted by atomic mass is 10.2. The van der Waals surface area contributed by atoms with E-state index in [0.29, 0.717) is 12.5 Å². The highest BCUT2D eigenvalue weighted by atomic mass is 32.2. The van der Waals surface area contributed by atoms with E-state index in [1.54, 1.807) is 16.8 Å². The fraction of sp³-hybridized carbons (Fsp3) is 0.294. The molecule has 4 rings (SSSR count). The number of hydrogen-bond donors (Lipinski definition) is 2. The number of aryl methyl sites for hydroxylation is 1. The van der Waals surface area contributed by atoms with E-state index in [1.165, 1.54) is 25.0 Å². The van der Waals surface area contributed by atoms with Crippen LogP contribution < -0.4 is 10.5 Å². The molecule has 8 heteroatoms. The average Bonchev–Trinajstić information content (AvgIpc) is 3.36. The number of nitrogens with one attached hydrogen (secondary N) is 1. The van der Waals surface area contributed by atoms with Gasteiger partial charge in [-0.3, -0.25) is 4.68 Å². The van der Waals surface area contributed by atoms with E-state index < -0.39 is 10.0 Å². The maximum atomic E-state index is 11.3. The highest BCUT2D eigenvalue weighted by molar-refractivity contribution is 7.89. The molecule has 1 saturated carbocycles. The van der Waals surface area contributed by atoms with E-state index in [4.69, 9.17) is 10.1 Å². The number of nitrogens with zero attached hydrogens (tertiary/aromatic N) is 3. The first-order valence-corrected chi connectivity index (χ1v) is 9.65. The molecule has 0 bridgehead atoms. The van der Waals surface area contributed by atoms with Crippen LogP contribution in [0.5, 0.6) is 0 Å². The first kappa shape index (κ1) is 16.0. The van der Waals surface area contributed by atoms with Gasteiger partial charge in [0.15, 0.2) is 5.65 Å². The predicted molar refractivity (Wildman–Crippen MR) is 95.6 cm³/mol. The van der Waals surface area contributed by atoms with Gasteiger partial charge in [-0.2, -0.15) is 5.10 Å². The Labute approximate surface area is 145 Å². The van der Waals surface area contributed by atoms with Crippen molar-refractivity contribution in [3.63, 3.8) is 0 Å². The summed E-state index contributed by atoms with van der Waals surface area (Å²) in [4.78, 5) is 4.85. The number of fused-ring (bicyclic) bond motifs is 1. The molecule has 7 nitrogen and oxygen atoms in total. The zero-order valence-corrected chi connectivity index (χ0v) is 14.6. The Hall–Kier alpha value is -2.45. The predicted octanol–water partition coefficient (Wildman–Crippen LogP) is 2.11. The number of anilines is 1. The molecule has 0 radical (unpaired) electrons. The van der Waals surface area contributed by atoms with E-state index in [-0.39, 0.29) is 4.90 Å². The van der Waals surface area contributed by atoms with Gasteiger partial charge in [-0.1, -0.05) is 12.1 Å². The van der Waals surface area contributed by atoms with Crippen molar-refractivity contribution in [2.75, 3.05) is 5.32 Å². The molecule has 1 fully saturated rings. The number of nitrogens with two attached hydrogens (primary N) is 1. The second-order valence-corrected chi connectivity index (χ2v) is 7.98. The third-order valence-corrected chi connectivity index (χ3v) is 5.38. The normalized spacial score (nSPS) is 14.8. The summed E-state index contributed by atoms with van der Waals surface area (Å²) in [7, 11) is -1.77. The van der Waals surface area contributed by atoms with Crippen LogP contribution in [0, 0.1) is 0 Å². The van der Waals surface area contributed by atoms with Gasteiger partial charge in [0.25, 0.3) is 0 Å². The van der Waals surface area contributed by atoms with Crippen LogP contribution in [-0.4, -0.2) is 23.2 Å². The standard InChI is InChI=1S/C17H19N5O2S/c1-22-17-14(10-20-22)16(8-15(21-17)12-4-5-12)19-9-11-2-6-13(7-3-11)25(18,23)24/h2-3,6-8,10,12H,4-5,9H2,1H3,(H,19,21)(H2,18,23,24). The van der Waals surface area contributed by atoms with Crippen molar-refractivity contribution in [2.24, 2.45) is 12.2 Å². The number of hydrogen-bond acceptors (Lipinski definition) is 5. The monoisotopic (exact) mass is 357 g/mol. The second kappa shape index (κ2) is 5.82. The highest BCUT2D eigenvalue weighted by Crippen LogP contribution is 2.41. The summed E-state index contributed by atoms with van der Waals surface area (Å²) in [6.45, 7) is 0.572. The lowest BCUT2D eigenvalue weighted by Gasteiger charge is -2.10. The van der Waals surface area contributed by atoms with Crippen LogP contribution in [-0.2, 0) is 23.6 Å². The second-order valence-electron chi connectivity index (χ2n) is 6.42. The number of aromatic nitrogens is 3. The molecule has 0 atom stereocenters. The molecule has 1 aliphatic rings. The Kier molecular flexibility index (Phi) is 3.73. The third-order valence-electron chi connectivity index (χ3n) is 4.46. The molecule has 2 heterocycles. The third kappa shape index (κ3) is 3.22. The van der Waals surface area contributed by atoms with E-state index in [1.807, 2.05) is 13.2 Å². The summed E-state index contributed by atoms with van der Waals surface area (Å²) < 4.78 is 24.4. The smallest absolute Gasteiger partial charge is 0.238 e. The fourth-order valence-corrected chi connectivity index (χ4v) is 3.38. The van der Waals surface area contributed by atoms with Gasteiger partial charge in [0.05, 0.1) is 16.5 Å². The average molecular weight is 357 g/mol. The first-order valence-electron chi connectivity index (χ1n) is 8.10. The Bertz CT molecular complexity index is 1040. The molecule has 3 N–H and O–H groups in total. The van der Waals surface area contributed by atoms with Gasteiger partial charge in [0.1, 0.15) is 0 Å². The van der Waals surface area contributed by atoms with E-state index in [9.17, 15) is 8.42 Å². The fourth-order valence-electron chi connectivity index (χ4n) is 2.86. The van der Waals surface area contributed by atoms with Crippen molar-refractivity contribution in [3.8, 4) is 0 Å². The minimum atomic E-state index is -3.66. The van der Waals surface area contributed by atoms with Gasteiger partial charge in [0, 0.05) is 30.9 Å². The zero-order valence-electron chi connectivity index (χ0n) is 13.8. The molecule has 25 heavy (non-hydrogen) atoms. The van der Waals surface area contributed by atoms with Crippen LogP contribution in [0.2, 0.25) is 0 Å². The van der Waals surface area contributed by atoms with Gasteiger partial charge < -0.3 is 5.32 Å². The van der Waals surface area contributed by atoms with Crippen LogP contribution in [0.1, 0.15) is 30.0 Å². The molecule has 0 spiro atoms. The van der Waals surface area contributed by atoms with Crippen LogP contribution in [0.25, 0.3) is 11.0 Å². The molecule has 1 aromatic carbocycles. The Morgan fingerprint density at radius 2 is 2.00 bits per heavy atom. The van der Waals surface area contributed by atoms with Crippen molar-refractivity contribution in [1.82, 2.24) is 14.8 Å². The molecule has 0 saturated heterocycles. The van der Waals surface area contributed by atoms with Crippen LogP contribution >= 0.6 is 0 Å². The summed E-state index contributed by atoms with van der Waals surface area (Å²) >= 11 is 0. The summed E-state index contributed by atoms with van der Waals surface area (Å²) in [6, 6.07) is 8.66. The van der Waals surface area contributed by atoms with E-state index in [0.717, 1.165) is 28.0 Å². The number of primary sulfonamides is 1. The minimum absolute atomic E-state index is 0.117. The molecule has 1 aliphatic carbocycles. The number of benzene rings is 1. The van der Waals surface area contributed by atoms with Crippen LogP contribution in [0.15, 0.2) is 41.4 Å². The summed E-state index contributed by atoms with van der Waals surface area (Å²) in [5.74, 6) is 0.550. The molecule has 3 aromatic rings. The number of rotatable bonds is 5. The lowest BCUT2D eigenvalue weighted by molar-refractivity contribution is 0.598. The van der Waals surface area contributed by atoms with Crippen molar-refractivity contribution in [2.45, 2.75) is 30.2 Å². The molecular weight excluding hydrogens is 338 g/mol. The van der Waals surface area contributed by atoms with Gasteiger partial charge in [0.2, 0.25) is 10.0 Å². The van der Waals surface area contributed by atoms with Crippen molar-refractivity contribution in [1.29, 1.82) is 0 Å². The van der Waals surface area contributed by atoms with E-state index in [2.05, 4.69) is 16.5 Å².